The molecular weight excluding hydrogens is 487 g/mol. The van der Waals surface area contributed by atoms with E-state index in [1.54, 1.807) is 32.3 Å². The maximum Gasteiger partial charge on any atom is 0.263 e. The minimum absolute atomic E-state index is 0.126. The van der Waals surface area contributed by atoms with Crippen LogP contribution in [0.3, 0.4) is 0 Å². The SMILES string of the molecule is C[C@@H](Oc1cccc2ncnc(Nc3ccc4c(cnn4Cc4cccc(F)c4)c3)c12)C(=O)N(C)CCO. The molecule has 1 amide bonds. The van der Waals surface area contributed by atoms with Gasteiger partial charge < -0.3 is 20.1 Å². The standard InChI is InChI=1S/C28H27FN6O3/c1-18(28(37)34(2)11-12-36)38-25-8-4-7-23-26(25)27(31-17-30-23)33-22-9-10-24-20(14-22)15-32-35(24)16-19-5-3-6-21(29)13-19/h3-10,13-15,17-18,36H,11-12,16H2,1-2H3,(H,30,31,33)/t18-/m1/s1. The Labute approximate surface area is 218 Å². The molecule has 5 rings (SSSR count). The summed E-state index contributed by atoms with van der Waals surface area (Å²) in [6.07, 6.45) is 2.46. The van der Waals surface area contributed by atoms with Crippen LogP contribution in [0.1, 0.15) is 12.5 Å². The average Bonchev–Trinajstić information content (AvgIpc) is 3.30. The van der Waals surface area contributed by atoms with Crippen molar-refractivity contribution in [1.82, 2.24) is 24.6 Å². The lowest BCUT2D eigenvalue weighted by molar-refractivity contribution is -0.136. The highest BCUT2D eigenvalue weighted by molar-refractivity contribution is 5.96. The fourth-order valence-electron chi connectivity index (χ4n) is 4.32. The third kappa shape index (κ3) is 5.25. The number of benzene rings is 3. The normalized spacial score (nSPS) is 12.0. The van der Waals surface area contributed by atoms with Crippen LogP contribution in [0.4, 0.5) is 15.9 Å². The summed E-state index contributed by atoms with van der Waals surface area (Å²) in [4.78, 5) is 22.9. The Hall–Kier alpha value is -4.57. The van der Waals surface area contributed by atoms with E-state index in [0.717, 1.165) is 22.2 Å². The van der Waals surface area contributed by atoms with Crippen LogP contribution in [0.2, 0.25) is 0 Å². The summed E-state index contributed by atoms with van der Waals surface area (Å²) in [6.45, 7) is 2.22. The van der Waals surface area contributed by atoms with Gasteiger partial charge in [0.1, 0.15) is 23.7 Å². The Kier molecular flexibility index (Phi) is 7.14. The molecule has 0 bridgehead atoms. The number of carbonyl (C=O) groups is 1. The molecule has 9 nitrogen and oxygen atoms in total. The predicted octanol–water partition coefficient (Wildman–Crippen LogP) is 4.13. The second-order valence-corrected chi connectivity index (χ2v) is 8.95. The molecule has 10 heteroatoms. The summed E-state index contributed by atoms with van der Waals surface area (Å²) in [7, 11) is 1.62. The molecule has 5 aromatic rings. The molecule has 0 spiro atoms. The molecule has 2 N–H and O–H groups in total. The van der Waals surface area contributed by atoms with Crippen molar-refractivity contribution in [2.45, 2.75) is 19.6 Å². The largest absolute Gasteiger partial charge is 0.480 e. The second-order valence-electron chi connectivity index (χ2n) is 8.95. The van der Waals surface area contributed by atoms with Crippen LogP contribution >= 0.6 is 0 Å². The molecular formula is C28H27FN6O3. The van der Waals surface area contributed by atoms with Crippen molar-refractivity contribution in [2.24, 2.45) is 0 Å². The molecule has 194 valence electrons. The number of ether oxygens (including phenoxy) is 1. The number of nitrogens with one attached hydrogen (secondary N) is 1. The van der Waals surface area contributed by atoms with Gasteiger partial charge >= 0.3 is 0 Å². The number of nitrogens with zero attached hydrogens (tertiary/aromatic N) is 5. The minimum atomic E-state index is -0.773. The Balaban J connectivity index is 1.41. The van der Waals surface area contributed by atoms with Crippen LogP contribution in [-0.4, -0.2) is 62.0 Å². The number of carbonyl (C=O) groups excluding carboxylic acids is 1. The third-order valence-corrected chi connectivity index (χ3v) is 6.21. The van der Waals surface area contributed by atoms with E-state index in [4.69, 9.17) is 9.84 Å². The van der Waals surface area contributed by atoms with Gasteiger partial charge in [-0.3, -0.25) is 9.48 Å². The fourth-order valence-corrected chi connectivity index (χ4v) is 4.32. The number of amides is 1. The first-order valence-corrected chi connectivity index (χ1v) is 12.2. The van der Waals surface area contributed by atoms with E-state index in [9.17, 15) is 9.18 Å². The van der Waals surface area contributed by atoms with Gasteiger partial charge in [-0.2, -0.15) is 5.10 Å². The zero-order chi connectivity index (χ0) is 26.6. The lowest BCUT2D eigenvalue weighted by Crippen LogP contribution is -2.39. The van der Waals surface area contributed by atoms with Crippen molar-refractivity contribution in [3.8, 4) is 5.75 Å². The zero-order valence-corrected chi connectivity index (χ0v) is 21.0. The molecule has 0 fully saturated rings. The lowest BCUT2D eigenvalue weighted by Gasteiger charge is -2.22. The van der Waals surface area contributed by atoms with Crippen molar-refractivity contribution in [1.29, 1.82) is 0 Å². The Morgan fingerprint density at radius 3 is 2.82 bits per heavy atom. The van der Waals surface area contributed by atoms with Gasteiger partial charge in [0.15, 0.2) is 6.10 Å². The van der Waals surface area contributed by atoms with E-state index in [1.165, 1.54) is 23.4 Å². The van der Waals surface area contributed by atoms with Gasteiger partial charge in [0.05, 0.1) is 35.8 Å². The van der Waals surface area contributed by atoms with E-state index in [-0.39, 0.29) is 24.9 Å². The van der Waals surface area contributed by atoms with Gasteiger partial charge in [0.25, 0.3) is 5.91 Å². The first kappa shape index (κ1) is 25.1. The number of halogens is 1. The number of aromatic nitrogens is 4. The maximum atomic E-state index is 13.6. The summed E-state index contributed by atoms with van der Waals surface area (Å²) in [5.74, 6) is 0.471. The second kappa shape index (κ2) is 10.8. The first-order valence-electron chi connectivity index (χ1n) is 12.2. The number of aliphatic hydroxyl groups excluding tert-OH is 1. The predicted molar refractivity (Wildman–Crippen MR) is 143 cm³/mol. The van der Waals surface area contributed by atoms with Crippen LogP contribution in [0.25, 0.3) is 21.8 Å². The molecule has 38 heavy (non-hydrogen) atoms. The fraction of sp³-hybridized carbons (Fsp3) is 0.214. The van der Waals surface area contributed by atoms with Gasteiger partial charge in [0, 0.05) is 24.7 Å². The smallest absolute Gasteiger partial charge is 0.263 e. The van der Waals surface area contributed by atoms with Gasteiger partial charge in [-0.25, -0.2) is 14.4 Å². The zero-order valence-electron chi connectivity index (χ0n) is 21.0. The van der Waals surface area contributed by atoms with Crippen molar-refractivity contribution in [2.75, 3.05) is 25.5 Å². The highest BCUT2D eigenvalue weighted by Crippen LogP contribution is 2.33. The molecule has 0 unspecified atom stereocenters. The van der Waals surface area contributed by atoms with Crippen molar-refractivity contribution < 1.29 is 19.0 Å². The first-order chi connectivity index (χ1) is 18.4. The number of rotatable bonds is 9. The van der Waals surface area contributed by atoms with Crippen LogP contribution in [0.5, 0.6) is 5.75 Å². The van der Waals surface area contributed by atoms with Crippen molar-refractivity contribution >= 4 is 39.2 Å². The van der Waals surface area contributed by atoms with Gasteiger partial charge in [-0.05, 0) is 55.0 Å². The molecule has 2 aromatic heterocycles. The molecule has 1 atom stereocenters. The number of hydrogen-bond acceptors (Lipinski definition) is 7. The number of hydrogen-bond donors (Lipinski definition) is 2. The van der Waals surface area contributed by atoms with E-state index in [1.807, 2.05) is 41.1 Å². The highest BCUT2D eigenvalue weighted by Gasteiger charge is 2.21. The molecule has 0 saturated heterocycles. The molecule has 0 aliphatic rings. The molecule has 0 radical (unpaired) electrons. The summed E-state index contributed by atoms with van der Waals surface area (Å²) in [6, 6.07) is 17.7. The Bertz CT molecular complexity index is 1600. The summed E-state index contributed by atoms with van der Waals surface area (Å²) in [5.41, 5.74) is 3.18. The maximum absolute atomic E-state index is 13.6. The number of fused-ring (bicyclic) bond motifs is 2. The molecule has 3 aromatic carbocycles. The van der Waals surface area contributed by atoms with E-state index in [2.05, 4.69) is 20.4 Å². The summed E-state index contributed by atoms with van der Waals surface area (Å²) < 4.78 is 21.5. The van der Waals surface area contributed by atoms with Gasteiger partial charge in [-0.15, -0.1) is 0 Å². The van der Waals surface area contributed by atoms with Gasteiger partial charge in [0.2, 0.25) is 0 Å². The topological polar surface area (TPSA) is 105 Å². The van der Waals surface area contributed by atoms with E-state index >= 15 is 0 Å². The Morgan fingerprint density at radius 1 is 1.16 bits per heavy atom. The molecule has 0 saturated carbocycles. The van der Waals surface area contributed by atoms with Crippen molar-refractivity contribution in [3.05, 3.63) is 84.6 Å². The lowest BCUT2D eigenvalue weighted by atomic mass is 10.2. The number of aliphatic hydroxyl groups is 1. The highest BCUT2D eigenvalue weighted by atomic mass is 19.1. The van der Waals surface area contributed by atoms with E-state index in [0.29, 0.717) is 29.0 Å². The van der Waals surface area contributed by atoms with Crippen LogP contribution < -0.4 is 10.1 Å². The Morgan fingerprint density at radius 2 is 2.00 bits per heavy atom. The summed E-state index contributed by atoms with van der Waals surface area (Å²) >= 11 is 0. The van der Waals surface area contributed by atoms with Crippen LogP contribution in [0.15, 0.2) is 73.2 Å². The van der Waals surface area contributed by atoms with Crippen molar-refractivity contribution in [3.63, 3.8) is 0 Å². The third-order valence-electron chi connectivity index (χ3n) is 6.21. The minimum Gasteiger partial charge on any atom is -0.480 e. The van der Waals surface area contributed by atoms with Crippen LogP contribution in [0, 0.1) is 5.82 Å². The van der Waals surface area contributed by atoms with Crippen LogP contribution in [-0.2, 0) is 11.3 Å². The number of anilines is 2. The molecule has 0 aliphatic heterocycles. The molecule has 2 heterocycles. The molecule has 0 aliphatic carbocycles. The average molecular weight is 515 g/mol. The van der Waals surface area contributed by atoms with Gasteiger partial charge in [-0.1, -0.05) is 18.2 Å². The summed E-state index contributed by atoms with van der Waals surface area (Å²) in [5, 5.41) is 18.5. The monoisotopic (exact) mass is 514 g/mol. The number of likely N-dealkylation sites (N-methyl/N-ethyl adjacent to an activating group) is 1. The quantitative estimate of drug-likeness (QED) is 0.305. The van der Waals surface area contributed by atoms with E-state index < -0.39 is 6.10 Å².